The molecule has 1 fully saturated rings. The third-order valence-corrected chi connectivity index (χ3v) is 8.41. The molecule has 0 bridgehead atoms. The van der Waals surface area contributed by atoms with E-state index in [4.69, 9.17) is 0 Å². The number of fused-ring (bicyclic) bond motifs is 2. The second-order valence-corrected chi connectivity index (χ2v) is 11.2. The van der Waals surface area contributed by atoms with E-state index in [2.05, 4.69) is 9.97 Å². The fourth-order valence-electron chi connectivity index (χ4n) is 4.66. The zero-order valence-electron chi connectivity index (χ0n) is 20.5. The summed E-state index contributed by atoms with van der Waals surface area (Å²) >= 11 is 2.40. The maximum atomic E-state index is 12.9. The molecule has 0 atom stereocenters. The minimum atomic E-state index is -0.198. The summed E-state index contributed by atoms with van der Waals surface area (Å²) in [6.45, 7) is 8.92. The fraction of sp³-hybridized carbons (Fsp3) is 0.417. The van der Waals surface area contributed by atoms with Gasteiger partial charge in [-0.05, 0) is 74.0 Å². The number of hydrogen-bond donors (Lipinski definition) is 0. The quantitative estimate of drug-likeness (QED) is 0.401. The lowest BCUT2D eigenvalue weighted by Gasteiger charge is -2.34. The summed E-state index contributed by atoms with van der Waals surface area (Å²) in [6.07, 6.45) is 0. The molecule has 0 saturated carbocycles. The van der Waals surface area contributed by atoms with Crippen LogP contribution in [0.15, 0.2) is 21.7 Å². The normalized spacial score (nSPS) is 14.2. The first-order valence-corrected chi connectivity index (χ1v) is 13.2. The Balaban J connectivity index is 1.23. The Morgan fingerprint density at radius 1 is 0.722 bits per heavy atom. The molecular formula is C24H26N6O4S2. The molecule has 0 spiro atoms. The van der Waals surface area contributed by atoms with Gasteiger partial charge in [0.25, 0.3) is 11.1 Å². The Hall–Kier alpha value is -3.38. The smallest absolute Gasteiger partial charge is 0.270 e. The van der Waals surface area contributed by atoms with Gasteiger partial charge in [-0.3, -0.25) is 27.1 Å². The molecule has 0 radical (unpaired) electrons. The highest BCUT2D eigenvalue weighted by Gasteiger charge is 2.26. The van der Waals surface area contributed by atoms with Crippen molar-refractivity contribution in [2.45, 2.75) is 40.8 Å². The van der Waals surface area contributed by atoms with E-state index in [0.29, 0.717) is 46.6 Å². The molecule has 0 unspecified atom stereocenters. The van der Waals surface area contributed by atoms with Gasteiger partial charge in [-0.1, -0.05) is 0 Å². The Labute approximate surface area is 214 Å². The van der Waals surface area contributed by atoms with Crippen LogP contribution in [0.25, 0.3) is 20.4 Å². The first-order valence-electron chi connectivity index (χ1n) is 11.6. The lowest BCUT2D eigenvalue weighted by atomic mass is 10.2. The molecule has 36 heavy (non-hydrogen) atoms. The molecule has 1 aliphatic rings. The number of nitrogens with zero attached hydrogens (tertiary/aromatic N) is 6. The average Bonchev–Trinajstić information content (AvgIpc) is 3.29. The molecule has 5 heterocycles. The number of amides is 2. The minimum Gasteiger partial charge on any atom is -0.338 e. The second kappa shape index (κ2) is 9.25. The standard InChI is InChI=1S/C24H26N6O4S2/c1-13-9-15(3)25-21-19(13)23(33)29(35-21)11-17(31)27-5-7-28(8-6-27)18(32)12-30-24(34)20-14(2)10-16(4)26-22(20)36-30/h9-10H,5-8,11-12H2,1-4H3. The number of aryl methyl sites for hydroxylation is 4. The van der Waals surface area contributed by atoms with E-state index in [9.17, 15) is 19.2 Å². The van der Waals surface area contributed by atoms with Crippen LogP contribution in [0.5, 0.6) is 0 Å². The van der Waals surface area contributed by atoms with Crippen molar-refractivity contribution >= 4 is 55.3 Å². The van der Waals surface area contributed by atoms with Crippen LogP contribution in [0.3, 0.4) is 0 Å². The van der Waals surface area contributed by atoms with Crippen LogP contribution in [-0.2, 0) is 22.7 Å². The Morgan fingerprint density at radius 2 is 1.08 bits per heavy atom. The molecule has 1 aliphatic heterocycles. The van der Waals surface area contributed by atoms with Gasteiger partial charge < -0.3 is 9.80 Å². The van der Waals surface area contributed by atoms with Gasteiger partial charge in [0.15, 0.2) is 0 Å². The minimum absolute atomic E-state index is 0.0464. The highest BCUT2D eigenvalue weighted by Crippen LogP contribution is 2.20. The van der Waals surface area contributed by atoms with E-state index in [-0.39, 0.29) is 36.0 Å². The highest BCUT2D eigenvalue weighted by molar-refractivity contribution is 7.13. The van der Waals surface area contributed by atoms with E-state index in [0.717, 1.165) is 22.5 Å². The van der Waals surface area contributed by atoms with Gasteiger partial charge in [-0.15, -0.1) is 0 Å². The first kappa shape index (κ1) is 24.3. The number of carbonyl (C=O) groups is 2. The largest absolute Gasteiger partial charge is 0.338 e. The average molecular weight is 527 g/mol. The van der Waals surface area contributed by atoms with Gasteiger partial charge in [-0.25, -0.2) is 9.97 Å². The molecule has 12 heteroatoms. The first-order chi connectivity index (χ1) is 17.1. The molecule has 188 valence electrons. The molecule has 2 amide bonds. The lowest BCUT2D eigenvalue weighted by Crippen LogP contribution is -2.52. The number of hydrogen-bond acceptors (Lipinski definition) is 8. The fourth-order valence-corrected chi connectivity index (χ4v) is 6.82. The summed E-state index contributed by atoms with van der Waals surface area (Å²) < 4.78 is 2.91. The lowest BCUT2D eigenvalue weighted by molar-refractivity contribution is -0.140. The van der Waals surface area contributed by atoms with Gasteiger partial charge in [0.05, 0.1) is 10.8 Å². The topological polar surface area (TPSA) is 110 Å². The van der Waals surface area contributed by atoms with E-state index in [1.54, 1.807) is 9.80 Å². The molecule has 10 nitrogen and oxygen atoms in total. The van der Waals surface area contributed by atoms with Gasteiger partial charge >= 0.3 is 0 Å². The zero-order valence-corrected chi connectivity index (χ0v) is 22.2. The Morgan fingerprint density at radius 3 is 1.44 bits per heavy atom. The molecule has 4 aromatic rings. The molecule has 4 aromatic heterocycles. The van der Waals surface area contributed by atoms with Gasteiger partial charge in [0.1, 0.15) is 22.8 Å². The molecule has 0 aliphatic carbocycles. The predicted octanol–water partition coefficient (Wildman–Crippen LogP) is 1.83. The highest BCUT2D eigenvalue weighted by atomic mass is 32.1. The summed E-state index contributed by atoms with van der Waals surface area (Å²) in [4.78, 5) is 64.9. The third-order valence-electron chi connectivity index (χ3n) is 6.44. The SMILES string of the molecule is Cc1cc(C)c2c(=O)n(CC(=O)N3CCN(C(=O)Cn4sc5nc(C)cc(C)c5c4=O)CC3)sc2n1. The van der Waals surface area contributed by atoms with Crippen molar-refractivity contribution in [3.05, 3.63) is 55.4 Å². The molecule has 1 saturated heterocycles. The van der Waals surface area contributed by atoms with Crippen molar-refractivity contribution in [2.75, 3.05) is 26.2 Å². The van der Waals surface area contributed by atoms with Crippen molar-refractivity contribution in [3.63, 3.8) is 0 Å². The number of rotatable bonds is 4. The van der Waals surface area contributed by atoms with Crippen molar-refractivity contribution in [2.24, 2.45) is 0 Å². The summed E-state index contributed by atoms with van der Waals surface area (Å²) in [5.41, 5.74) is 2.98. The second-order valence-electron chi connectivity index (χ2n) is 9.15. The van der Waals surface area contributed by atoms with Crippen molar-refractivity contribution in [1.82, 2.24) is 27.7 Å². The molecular weight excluding hydrogens is 500 g/mol. The van der Waals surface area contributed by atoms with Crippen molar-refractivity contribution in [3.8, 4) is 0 Å². The van der Waals surface area contributed by atoms with Gasteiger partial charge in [0, 0.05) is 37.6 Å². The third kappa shape index (κ3) is 4.35. The van der Waals surface area contributed by atoms with E-state index >= 15 is 0 Å². The van der Waals surface area contributed by atoms with Crippen LogP contribution in [0.1, 0.15) is 22.5 Å². The summed E-state index contributed by atoms with van der Waals surface area (Å²) in [5.74, 6) is -0.328. The van der Waals surface area contributed by atoms with Crippen LogP contribution < -0.4 is 11.1 Å². The van der Waals surface area contributed by atoms with E-state index < -0.39 is 0 Å². The predicted molar refractivity (Wildman–Crippen MR) is 140 cm³/mol. The van der Waals surface area contributed by atoms with Crippen molar-refractivity contribution < 1.29 is 9.59 Å². The Kier molecular flexibility index (Phi) is 6.25. The molecule has 5 rings (SSSR count). The number of aromatic nitrogens is 4. The summed E-state index contributed by atoms with van der Waals surface area (Å²) in [5, 5.41) is 1.12. The number of piperazine rings is 1. The summed E-state index contributed by atoms with van der Waals surface area (Å²) in [6, 6.07) is 3.73. The van der Waals surface area contributed by atoms with Gasteiger partial charge in [0.2, 0.25) is 11.8 Å². The molecule has 0 N–H and O–H groups in total. The maximum absolute atomic E-state index is 12.9. The van der Waals surface area contributed by atoms with Gasteiger partial charge in [-0.2, -0.15) is 0 Å². The van der Waals surface area contributed by atoms with E-state index in [1.165, 1.54) is 31.0 Å². The van der Waals surface area contributed by atoms with Crippen molar-refractivity contribution in [1.29, 1.82) is 0 Å². The van der Waals surface area contributed by atoms with Crippen LogP contribution >= 0.6 is 23.1 Å². The zero-order chi connectivity index (χ0) is 25.7. The maximum Gasteiger partial charge on any atom is 0.270 e. The summed E-state index contributed by atoms with van der Waals surface area (Å²) in [7, 11) is 0. The Bertz CT molecular complexity index is 1520. The van der Waals surface area contributed by atoms with Crippen LogP contribution in [0.2, 0.25) is 0 Å². The van der Waals surface area contributed by atoms with Crippen LogP contribution in [0, 0.1) is 27.7 Å². The van der Waals surface area contributed by atoms with E-state index in [1.807, 2.05) is 39.8 Å². The number of pyridine rings is 2. The van der Waals surface area contributed by atoms with Crippen LogP contribution in [-0.4, -0.2) is 65.7 Å². The monoisotopic (exact) mass is 526 g/mol. The number of carbonyl (C=O) groups excluding carboxylic acids is 2. The molecule has 0 aromatic carbocycles. The van der Waals surface area contributed by atoms with Crippen LogP contribution in [0.4, 0.5) is 0 Å².